The Morgan fingerprint density at radius 2 is 2.00 bits per heavy atom. The number of ether oxygens (including phenoxy) is 1. The molecule has 1 saturated carbocycles. The van der Waals surface area contributed by atoms with Crippen LogP contribution in [0.15, 0.2) is 12.4 Å². The molecular formula is C13H18N4O2. The summed E-state index contributed by atoms with van der Waals surface area (Å²) in [6, 6.07) is 0.219. The molecule has 0 unspecified atom stereocenters. The van der Waals surface area contributed by atoms with Gasteiger partial charge in [-0.25, -0.2) is 9.97 Å². The van der Waals surface area contributed by atoms with Gasteiger partial charge in [0.15, 0.2) is 11.6 Å². The molecule has 1 aromatic rings. The standard InChI is InChI=1S/C13H18N4O2/c1-19-10-4-2-9(3-5-10)17-11(18)8-16-12-13(17)15-7-6-14-12/h6-7,9-10H,2-5,8H2,1H3,(H,14,16). The molecule has 102 valence electrons. The van der Waals surface area contributed by atoms with Gasteiger partial charge >= 0.3 is 0 Å². The van der Waals surface area contributed by atoms with E-state index in [2.05, 4.69) is 15.3 Å². The predicted octanol–water partition coefficient (Wildman–Crippen LogP) is 1.19. The van der Waals surface area contributed by atoms with E-state index in [9.17, 15) is 4.79 Å². The lowest BCUT2D eigenvalue weighted by Crippen LogP contribution is -2.49. The normalized spacial score (nSPS) is 26.8. The van der Waals surface area contributed by atoms with Gasteiger partial charge in [-0.05, 0) is 25.7 Å². The Labute approximate surface area is 112 Å². The topological polar surface area (TPSA) is 67.3 Å². The average molecular weight is 262 g/mol. The number of carbonyl (C=O) groups excluding carboxylic acids is 1. The number of nitrogens with zero attached hydrogens (tertiary/aromatic N) is 3. The lowest BCUT2D eigenvalue weighted by molar-refractivity contribution is -0.118. The summed E-state index contributed by atoms with van der Waals surface area (Å²) in [7, 11) is 1.75. The molecule has 0 atom stereocenters. The van der Waals surface area contributed by atoms with E-state index in [0.29, 0.717) is 24.3 Å². The minimum absolute atomic E-state index is 0.0777. The number of aromatic nitrogens is 2. The van der Waals surface area contributed by atoms with Gasteiger partial charge in [-0.3, -0.25) is 9.69 Å². The van der Waals surface area contributed by atoms with E-state index in [4.69, 9.17) is 4.74 Å². The van der Waals surface area contributed by atoms with Gasteiger partial charge in [-0.15, -0.1) is 0 Å². The second-order valence-corrected chi connectivity index (χ2v) is 5.01. The quantitative estimate of drug-likeness (QED) is 0.867. The molecule has 0 spiro atoms. The number of carbonyl (C=O) groups is 1. The molecule has 1 aliphatic heterocycles. The summed E-state index contributed by atoms with van der Waals surface area (Å²) in [6.07, 6.45) is 7.51. The van der Waals surface area contributed by atoms with E-state index in [1.165, 1.54) is 0 Å². The number of methoxy groups -OCH3 is 1. The zero-order valence-electron chi connectivity index (χ0n) is 11.0. The van der Waals surface area contributed by atoms with Crippen molar-refractivity contribution in [2.45, 2.75) is 37.8 Å². The van der Waals surface area contributed by atoms with Crippen molar-refractivity contribution in [2.24, 2.45) is 0 Å². The first-order valence-corrected chi connectivity index (χ1v) is 6.69. The third-order valence-corrected chi connectivity index (χ3v) is 3.93. The summed E-state index contributed by atoms with van der Waals surface area (Å²) in [5.41, 5.74) is 0. The number of amides is 1. The van der Waals surface area contributed by atoms with Crippen LogP contribution in [0.5, 0.6) is 0 Å². The van der Waals surface area contributed by atoms with E-state index in [1.807, 2.05) is 4.90 Å². The molecule has 6 heteroatoms. The van der Waals surface area contributed by atoms with E-state index >= 15 is 0 Å². The van der Waals surface area contributed by atoms with Crippen molar-refractivity contribution in [2.75, 3.05) is 23.9 Å². The number of nitrogens with one attached hydrogen (secondary N) is 1. The van der Waals surface area contributed by atoms with Crippen molar-refractivity contribution in [1.82, 2.24) is 9.97 Å². The Morgan fingerprint density at radius 3 is 2.74 bits per heavy atom. The summed E-state index contributed by atoms with van der Waals surface area (Å²) < 4.78 is 5.38. The minimum atomic E-state index is 0.0777. The Hall–Kier alpha value is -1.69. The highest BCUT2D eigenvalue weighted by molar-refractivity contribution is 6.01. The molecule has 1 N–H and O–H groups in total. The molecular weight excluding hydrogens is 244 g/mol. The van der Waals surface area contributed by atoms with E-state index < -0.39 is 0 Å². The molecule has 0 aromatic carbocycles. The highest BCUT2D eigenvalue weighted by Gasteiger charge is 2.34. The van der Waals surface area contributed by atoms with Crippen molar-refractivity contribution >= 4 is 17.5 Å². The molecule has 0 radical (unpaired) electrons. The maximum absolute atomic E-state index is 12.2. The number of fused-ring (bicyclic) bond motifs is 1. The Kier molecular flexibility index (Phi) is 3.33. The van der Waals surface area contributed by atoms with Gasteiger partial charge in [0.05, 0.1) is 12.6 Å². The molecule has 1 fully saturated rings. The lowest BCUT2D eigenvalue weighted by Gasteiger charge is -2.38. The highest BCUT2D eigenvalue weighted by Crippen LogP contribution is 2.32. The monoisotopic (exact) mass is 262 g/mol. The Morgan fingerprint density at radius 1 is 1.26 bits per heavy atom. The van der Waals surface area contributed by atoms with Crippen LogP contribution in [0.3, 0.4) is 0 Å². The predicted molar refractivity (Wildman–Crippen MR) is 71.1 cm³/mol. The first-order valence-electron chi connectivity index (χ1n) is 6.69. The Bertz CT molecular complexity index is 471. The van der Waals surface area contributed by atoms with Crippen molar-refractivity contribution in [1.29, 1.82) is 0 Å². The van der Waals surface area contributed by atoms with Gasteiger partial charge in [0.1, 0.15) is 0 Å². The minimum Gasteiger partial charge on any atom is -0.381 e. The molecule has 19 heavy (non-hydrogen) atoms. The number of anilines is 2. The third-order valence-electron chi connectivity index (χ3n) is 3.93. The fourth-order valence-corrected chi connectivity index (χ4v) is 2.91. The number of hydrogen-bond acceptors (Lipinski definition) is 5. The van der Waals surface area contributed by atoms with Crippen molar-refractivity contribution in [3.63, 3.8) is 0 Å². The summed E-state index contributed by atoms with van der Waals surface area (Å²) in [5, 5.41) is 3.01. The van der Waals surface area contributed by atoms with E-state index in [1.54, 1.807) is 19.5 Å². The van der Waals surface area contributed by atoms with Gasteiger partial charge in [0, 0.05) is 25.5 Å². The van der Waals surface area contributed by atoms with Crippen molar-refractivity contribution < 1.29 is 9.53 Å². The van der Waals surface area contributed by atoms with Gasteiger partial charge in [0.2, 0.25) is 5.91 Å². The van der Waals surface area contributed by atoms with Gasteiger partial charge in [-0.2, -0.15) is 0 Å². The first-order chi connectivity index (χ1) is 9.29. The SMILES string of the molecule is COC1CCC(N2C(=O)CNc3nccnc32)CC1. The number of hydrogen-bond donors (Lipinski definition) is 1. The first kappa shape index (κ1) is 12.3. The molecule has 1 aromatic heterocycles. The van der Waals surface area contributed by atoms with Crippen molar-refractivity contribution in [3.8, 4) is 0 Å². The van der Waals surface area contributed by atoms with Crippen LogP contribution in [0.4, 0.5) is 11.6 Å². The van der Waals surface area contributed by atoms with Gasteiger partial charge in [0.25, 0.3) is 0 Å². The smallest absolute Gasteiger partial charge is 0.247 e. The molecule has 0 saturated heterocycles. The van der Waals surface area contributed by atoms with Gasteiger partial charge < -0.3 is 10.1 Å². The van der Waals surface area contributed by atoms with Crippen LogP contribution in [0.2, 0.25) is 0 Å². The van der Waals surface area contributed by atoms with E-state index in [-0.39, 0.29) is 11.9 Å². The fourth-order valence-electron chi connectivity index (χ4n) is 2.91. The molecule has 2 aliphatic rings. The second kappa shape index (κ2) is 5.13. The highest BCUT2D eigenvalue weighted by atomic mass is 16.5. The summed E-state index contributed by atoms with van der Waals surface area (Å²) >= 11 is 0. The van der Waals surface area contributed by atoms with Crippen LogP contribution in [0, 0.1) is 0 Å². The fraction of sp³-hybridized carbons (Fsp3) is 0.615. The van der Waals surface area contributed by atoms with Crippen LogP contribution in [0.25, 0.3) is 0 Å². The van der Waals surface area contributed by atoms with Crippen molar-refractivity contribution in [3.05, 3.63) is 12.4 Å². The third kappa shape index (κ3) is 2.28. The second-order valence-electron chi connectivity index (χ2n) is 5.01. The lowest BCUT2D eigenvalue weighted by atomic mass is 9.91. The van der Waals surface area contributed by atoms with Crippen LogP contribution in [-0.4, -0.2) is 41.7 Å². The molecule has 3 rings (SSSR count). The summed E-state index contributed by atoms with van der Waals surface area (Å²) in [6.45, 7) is 0.301. The molecule has 6 nitrogen and oxygen atoms in total. The van der Waals surface area contributed by atoms with Gasteiger partial charge in [-0.1, -0.05) is 0 Å². The van der Waals surface area contributed by atoms with Crippen LogP contribution >= 0.6 is 0 Å². The average Bonchev–Trinajstić information content (AvgIpc) is 2.47. The summed E-state index contributed by atoms with van der Waals surface area (Å²) in [5.74, 6) is 1.45. The van der Waals surface area contributed by atoms with E-state index in [0.717, 1.165) is 25.7 Å². The maximum atomic E-state index is 12.2. The zero-order valence-corrected chi connectivity index (χ0v) is 11.0. The molecule has 2 heterocycles. The van der Waals surface area contributed by atoms with Crippen LogP contribution < -0.4 is 10.2 Å². The Balaban J connectivity index is 1.82. The largest absolute Gasteiger partial charge is 0.381 e. The molecule has 0 bridgehead atoms. The van der Waals surface area contributed by atoms with Crippen LogP contribution in [-0.2, 0) is 9.53 Å². The van der Waals surface area contributed by atoms with Crippen LogP contribution in [0.1, 0.15) is 25.7 Å². The number of rotatable bonds is 2. The summed E-state index contributed by atoms with van der Waals surface area (Å²) in [4.78, 5) is 22.5. The maximum Gasteiger partial charge on any atom is 0.247 e. The zero-order chi connectivity index (χ0) is 13.2. The molecule has 1 aliphatic carbocycles. The molecule has 1 amide bonds.